The molecule has 82 valence electrons. The van der Waals surface area contributed by atoms with E-state index in [2.05, 4.69) is 23.3 Å². The third-order valence-electron chi connectivity index (χ3n) is 3.36. The van der Waals surface area contributed by atoms with Gasteiger partial charge in [0.1, 0.15) is 0 Å². The number of aromatic nitrogens is 1. The van der Waals surface area contributed by atoms with Crippen molar-refractivity contribution in [1.29, 1.82) is 0 Å². The Bertz CT molecular complexity index is 303. The maximum absolute atomic E-state index is 4.10. The molecule has 1 heterocycles. The van der Waals surface area contributed by atoms with Crippen LogP contribution in [0.3, 0.4) is 0 Å². The zero-order valence-electron chi connectivity index (χ0n) is 9.50. The lowest BCUT2D eigenvalue weighted by molar-refractivity contribution is 0.489. The van der Waals surface area contributed by atoms with Crippen LogP contribution >= 0.6 is 0 Å². The summed E-state index contributed by atoms with van der Waals surface area (Å²) in [7, 11) is 0. The first-order chi connectivity index (χ1) is 7.36. The van der Waals surface area contributed by atoms with Crippen LogP contribution in [-0.4, -0.2) is 11.5 Å². The summed E-state index contributed by atoms with van der Waals surface area (Å²) < 4.78 is 0. The SMILES string of the molecule is Cc1cnccc1CNCC1CCCC1. The normalized spacial score (nSPS) is 17.1. The molecule has 0 saturated heterocycles. The van der Waals surface area contributed by atoms with Gasteiger partial charge >= 0.3 is 0 Å². The molecule has 1 aliphatic carbocycles. The molecule has 0 aliphatic heterocycles. The molecule has 2 rings (SSSR count). The summed E-state index contributed by atoms with van der Waals surface area (Å²) in [6.45, 7) is 4.30. The molecule has 1 aliphatic rings. The van der Waals surface area contributed by atoms with Gasteiger partial charge in [0.15, 0.2) is 0 Å². The fraction of sp³-hybridized carbons (Fsp3) is 0.615. The van der Waals surface area contributed by atoms with Gasteiger partial charge in [-0.1, -0.05) is 12.8 Å². The average Bonchev–Trinajstić information content (AvgIpc) is 2.74. The van der Waals surface area contributed by atoms with E-state index in [-0.39, 0.29) is 0 Å². The molecule has 1 N–H and O–H groups in total. The van der Waals surface area contributed by atoms with Crippen molar-refractivity contribution < 1.29 is 0 Å². The molecule has 0 spiro atoms. The second-order valence-corrected chi connectivity index (χ2v) is 4.58. The predicted molar refractivity (Wildman–Crippen MR) is 62.6 cm³/mol. The highest BCUT2D eigenvalue weighted by Crippen LogP contribution is 2.23. The molecular formula is C13H20N2. The lowest BCUT2D eigenvalue weighted by Gasteiger charge is -2.11. The van der Waals surface area contributed by atoms with Gasteiger partial charge in [-0.25, -0.2) is 0 Å². The molecule has 15 heavy (non-hydrogen) atoms. The molecule has 0 aromatic carbocycles. The van der Waals surface area contributed by atoms with Gasteiger partial charge in [0.25, 0.3) is 0 Å². The third kappa shape index (κ3) is 3.03. The molecule has 1 aromatic rings. The van der Waals surface area contributed by atoms with Gasteiger partial charge in [-0.05, 0) is 49.4 Å². The number of rotatable bonds is 4. The first-order valence-electron chi connectivity index (χ1n) is 5.96. The average molecular weight is 204 g/mol. The van der Waals surface area contributed by atoms with E-state index >= 15 is 0 Å². The van der Waals surface area contributed by atoms with Gasteiger partial charge in [-0.2, -0.15) is 0 Å². The Morgan fingerprint density at radius 1 is 1.40 bits per heavy atom. The van der Waals surface area contributed by atoms with Crippen molar-refractivity contribution in [3.63, 3.8) is 0 Å². The van der Waals surface area contributed by atoms with Crippen molar-refractivity contribution in [2.24, 2.45) is 5.92 Å². The van der Waals surface area contributed by atoms with Gasteiger partial charge < -0.3 is 5.32 Å². The van der Waals surface area contributed by atoms with Gasteiger partial charge in [0.05, 0.1) is 0 Å². The highest BCUT2D eigenvalue weighted by Gasteiger charge is 2.13. The highest BCUT2D eigenvalue weighted by atomic mass is 14.9. The first-order valence-corrected chi connectivity index (χ1v) is 5.96. The zero-order valence-corrected chi connectivity index (χ0v) is 9.50. The molecule has 1 fully saturated rings. The maximum atomic E-state index is 4.10. The second kappa shape index (κ2) is 5.26. The lowest BCUT2D eigenvalue weighted by Crippen LogP contribution is -2.21. The van der Waals surface area contributed by atoms with E-state index in [0.717, 1.165) is 12.5 Å². The van der Waals surface area contributed by atoms with Gasteiger partial charge in [0.2, 0.25) is 0 Å². The predicted octanol–water partition coefficient (Wildman–Crippen LogP) is 2.67. The van der Waals surface area contributed by atoms with Crippen molar-refractivity contribution in [2.45, 2.75) is 39.2 Å². The Hall–Kier alpha value is -0.890. The third-order valence-corrected chi connectivity index (χ3v) is 3.36. The fourth-order valence-corrected chi connectivity index (χ4v) is 2.33. The van der Waals surface area contributed by atoms with Crippen molar-refractivity contribution in [2.75, 3.05) is 6.54 Å². The number of hydrogen-bond donors (Lipinski definition) is 1. The van der Waals surface area contributed by atoms with E-state index in [1.807, 2.05) is 12.4 Å². The molecule has 2 heteroatoms. The molecule has 1 aromatic heterocycles. The topological polar surface area (TPSA) is 24.9 Å². The number of hydrogen-bond acceptors (Lipinski definition) is 2. The molecule has 2 nitrogen and oxygen atoms in total. The van der Waals surface area contributed by atoms with E-state index in [0.29, 0.717) is 0 Å². The zero-order chi connectivity index (χ0) is 10.5. The Labute approximate surface area is 92.1 Å². The summed E-state index contributed by atoms with van der Waals surface area (Å²) in [6.07, 6.45) is 9.51. The molecule has 0 radical (unpaired) electrons. The van der Waals surface area contributed by atoms with Crippen LogP contribution in [0, 0.1) is 12.8 Å². The molecule has 0 atom stereocenters. The van der Waals surface area contributed by atoms with Crippen molar-refractivity contribution in [3.8, 4) is 0 Å². The quantitative estimate of drug-likeness (QED) is 0.815. The summed E-state index contributed by atoms with van der Waals surface area (Å²) in [5.41, 5.74) is 2.67. The fourth-order valence-electron chi connectivity index (χ4n) is 2.33. The van der Waals surface area contributed by atoms with E-state index in [9.17, 15) is 0 Å². The van der Waals surface area contributed by atoms with Gasteiger partial charge in [0, 0.05) is 18.9 Å². The number of aryl methyl sites for hydroxylation is 1. The van der Waals surface area contributed by atoms with Crippen molar-refractivity contribution >= 4 is 0 Å². The van der Waals surface area contributed by atoms with Crippen molar-refractivity contribution in [1.82, 2.24) is 10.3 Å². The summed E-state index contributed by atoms with van der Waals surface area (Å²) in [5.74, 6) is 0.923. The minimum atomic E-state index is 0.923. The standard InChI is InChI=1S/C13H20N2/c1-11-8-14-7-6-13(11)10-15-9-12-4-2-3-5-12/h6-8,12,15H,2-5,9-10H2,1H3. The smallest absolute Gasteiger partial charge is 0.0300 e. The van der Waals surface area contributed by atoms with Crippen LogP contribution in [0.5, 0.6) is 0 Å². The summed E-state index contributed by atoms with van der Waals surface area (Å²) in [4.78, 5) is 4.10. The lowest BCUT2D eigenvalue weighted by atomic mass is 10.1. The van der Waals surface area contributed by atoms with Crippen LogP contribution in [-0.2, 0) is 6.54 Å². The summed E-state index contributed by atoms with van der Waals surface area (Å²) in [6, 6.07) is 2.11. The number of pyridine rings is 1. The Kier molecular flexibility index (Phi) is 3.73. The van der Waals surface area contributed by atoms with Crippen LogP contribution < -0.4 is 5.32 Å². The van der Waals surface area contributed by atoms with Crippen LogP contribution in [0.4, 0.5) is 0 Å². The van der Waals surface area contributed by atoms with Gasteiger partial charge in [-0.3, -0.25) is 4.98 Å². The summed E-state index contributed by atoms with van der Waals surface area (Å²) in [5, 5.41) is 3.56. The second-order valence-electron chi connectivity index (χ2n) is 4.58. The number of nitrogens with zero attached hydrogens (tertiary/aromatic N) is 1. The van der Waals surface area contributed by atoms with Crippen LogP contribution in [0.2, 0.25) is 0 Å². The molecule has 0 amide bonds. The Morgan fingerprint density at radius 2 is 2.20 bits per heavy atom. The summed E-state index contributed by atoms with van der Waals surface area (Å²) >= 11 is 0. The van der Waals surface area contributed by atoms with E-state index < -0.39 is 0 Å². The van der Waals surface area contributed by atoms with Crippen LogP contribution in [0.1, 0.15) is 36.8 Å². The van der Waals surface area contributed by atoms with Crippen molar-refractivity contribution in [3.05, 3.63) is 29.6 Å². The molecular weight excluding hydrogens is 184 g/mol. The van der Waals surface area contributed by atoms with Gasteiger partial charge in [-0.15, -0.1) is 0 Å². The molecule has 0 unspecified atom stereocenters. The van der Waals surface area contributed by atoms with E-state index in [4.69, 9.17) is 0 Å². The van der Waals surface area contributed by atoms with Crippen LogP contribution in [0.25, 0.3) is 0 Å². The minimum absolute atomic E-state index is 0.923. The highest BCUT2D eigenvalue weighted by molar-refractivity contribution is 5.21. The molecule has 1 saturated carbocycles. The van der Waals surface area contributed by atoms with E-state index in [1.54, 1.807) is 0 Å². The minimum Gasteiger partial charge on any atom is -0.312 e. The Balaban J connectivity index is 1.75. The molecule has 0 bridgehead atoms. The number of nitrogens with one attached hydrogen (secondary N) is 1. The van der Waals surface area contributed by atoms with E-state index in [1.165, 1.54) is 43.4 Å². The van der Waals surface area contributed by atoms with Crippen LogP contribution in [0.15, 0.2) is 18.5 Å². The first kappa shape index (κ1) is 10.6. The largest absolute Gasteiger partial charge is 0.312 e. The Morgan fingerprint density at radius 3 is 2.93 bits per heavy atom. The monoisotopic (exact) mass is 204 g/mol. The maximum Gasteiger partial charge on any atom is 0.0300 e.